The van der Waals surface area contributed by atoms with Crippen LogP contribution in [0.2, 0.25) is 0 Å². The second-order valence-electron chi connectivity index (χ2n) is 6.08. The summed E-state index contributed by atoms with van der Waals surface area (Å²) in [4.78, 5) is 35.6. The minimum Gasteiger partial charge on any atom is -0.501 e. The van der Waals surface area contributed by atoms with E-state index < -0.39 is 28.1 Å². The van der Waals surface area contributed by atoms with E-state index in [-0.39, 0.29) is 38.2 Å². The minimum atomic E-state index is -0.771. The molecule has 0 saturated heterocycles. The Balaban J connectivity index is 2.42. The molecule has 0 amide bonds. The maximum Gasteiger partial charge on any atom is 0.348 e. The van der Waals surface area contributed by atoms with Crippen LogP contribution in [0, 0.1) is 43.3 Å². The Morgan fingerprint density at radius 1 is 1.39 bits per heavy atom. The van der Waals surface area contributed by atoms with E-state index in [0.29, 0.717) is 10.4 Å². The van der Waals surface area contributed by atoms with Crippen molar-refractivity contribution in [2.24, 2.45) is 0 Å². The molecule has 0 unspecified atom stereocenters. The topological polar surface area (TPSA) is 154 Å². The summed E-state index contributed by atoms with van der Waals surface area (Å²) >= 11 is 2.66. The second-order valence-corrected chi connectivity index (χ2v) is 8.35. The van der Waals surface area contributed by atoms with Crippen LogP contribution in [0.3, 0.4) is 0 Å². The molecule has 0 atom stereocenters. The van der Waals surface area contributed by atoms with Crippen molar-refractivity contribution in [2.75, 3.05) is 6.61 Å². The number of allylic oxidation sites excluding steroid dienone is 1. The number of hydrogen-bond donors (Lipinski definition) is 1. The molecular weight excluding hydrogens is 537 g/mol. The Kier molecular flexibility index (Phi) is 7.85. The van der Waals surface area contributed by atoms with Crippen molar-refractivity contribution in [3.05, 3.63) is 57.8 Å². The van der Waals surface area contributed by atoms with Crippen molar-refractivity contribution < 1.29 is 24.4 Å². The molecule has 1 heterocycles. The molecule has 0 aliphatic rings. The lowest BCUT2D eigenvalue weighted by atomic mass is 10.0. The summed E-state index contributed by atoms with van der Waals surface area (Å²) in [6, 6.07) is 6.18. The molecule has 1 aromatic heterocycles. The fraction of sp³-hybridized carbons (Fsp3) is 0.200. The molecule has 158 valence electrons. The lowest BCUT2D eigenvalue weighted by Crippen LogP contribution is -2.05. The molecule has 2 rings (SSSR count). The Morgan fingerprint density at radius 2 is 2.06 bits per heavy atom. The molecule has 0 aliphatic heterocycles. The van der Waals surface area contributed by atoms with E-state index in [4.69, 9.17) is 4.74 Å². The summed E-state index contributed by atoms with van der Waals surface area (Å²) in [5, 5.41) is 39.7. The van der Waals surface area contributed by atoms with E-state index in [1.54, 1.807) is 42.5 Å². The highest BCUT2D eigenvalue weighted by Crippen LogP contribution is 2.33. The molecule has 0 bridgehead atoms. The fourth-order valence-corrected chi connectivity index (χ4v) is 4.43. The normalized spacial score (nSPS) is 10.8. The van der Waals surface area contributed by atoms with Gasteiger partial charge >= 0.3 is 11.7 Å². The predicted molar refractivity (Wildman–Crippen MR) is 120 cm³/mol. The third-order valence-electron chi connectivity index (χ3n) is 4.11. The molecular formula is C20H14IN3O6S. The molecule has 0 radical (unpaired) electrons. The maximum absolute atomic E-state index is 12.7. The minimum absolute atomic E-state index is 0.158. The average molecular weight is 551 g/mol. The molecule has 2 aromatic rings. The van der Waals surface area contributed by atoms with Crippen LogP contribution >= 0.6 is 33.9 Å². The van der Waals surface area contributed by atoms with Crippen LogP contribution in [-0.4, -0.2) is 28.4 Å². The van der Waals surface area contributed by atoms with Crippen LogP contribution in [0.4, 0.5) is 5.69 Å². The zero-order valence-corrected chi connectivity index (χ0v) is 19.2. The molecule has 11 heteroatoms. The van der Waals surface area contributed by atoms with Crippen LogP contribution in [0.5, 0.6) is 5.75 Å². The van der Waals surface area contributed by atoms with Crippen LogP contribution in [0.15, 0.2) is 17.7 Å². The first kappa shape index (κ1) is 24.0. The third-order valence-corrected chi connectivity index (χ3v) is 6.20. The van der Waals surface area contributed by atoms with Gasteiger partial charge in [0.15, 0.2) is 5.78 Å². The number of nitro groups is 1. The van der Waals surface area contributed by atoms with E-state index in [0.717, 1.165) is 17.4 Å². The van der Waals surface area contributed by atoms with Gasteiger partial charge in [0.2, 0.25) is 5.75 Å². The zero-order valence-electron chi connectivity index (χ0n) is 16.3. The number of benzene rings is 1. The molecule has 0 fully saturated rings. The van der Waals surface area contributed by atoms with Gasteiger partial charge < -0.3 is 9.84 Å². The SMILES string of the molecule is CCOC(=O)c1sc(CC(=O)/C(C#N)=C/c2cc(I)c(O)c([N+](=O)[O-])c2)c(C#N)c1C. The largest absolute Gasteiger partial charge is 0.501 e. The number of rotatable bonds is 7. The van der Waals surface area contributed by atoms with E-state index in [1.807, 2.05) is 6.07 Å². The molecule has 0 spiro atoms. The lowest BCUT2D eigenvalue weighted by molar-refractivity contribution is -0.386. The first-order valence-electron chi connectivity index (χ1n) is 8.65. The van der Waals surface area contributed by atoms with Crippen LogP contribution in [0.1, 0.15) is 38.2 Å². The fourth-order valence-electron chi connectivity index (χ4n) is 2.65. The summed E-state index contributed by atoms with van der Waals surface area (Å²) in [5.41, 5.74) is -0.0756. The number of esters is 1. The maximum atomic E-state index is 12.7. The molecule has 0 saturated carbocycles. The Labute approximate surface area is 194 Å². The van der Waals surface area contributed by atoms with Gasteiger partial charge in [-0.15, -0.1) is 11.3 Å². The number of ketones is 1. The Hall–Kier alpha value is -3.29. The van der Waals surface area contributed by atoms with Gasteiger partial charge in [-0.2, -0.15) is 10.5 Å². The molecule has 0 aliphatic carbocycles. The van der Waals surface area contributed by atoms with E-state index >= 15 is 0 Å². The zero-order chi connectivity index (χ0) is 23.3. The number of nitrogens with zero attached hydrogens (tertiary/aromatic N) is 3. The van der Waals surface area contributed by atoms with Gasteiger partial charge in [0, 0.05) is 17.4 Å². The average Bonchev–Trinajstić information content (AvgIpc) is 3.03. The van der Waals surface area contributed by atoms with Crippen molar-refractivity contribution in [1.82, 2.24) is 0 Å². The Bertz CT molecular complexity index is 1200. The number of nitro benzene ring substituents is 1. The van der Waals surface area contributed by atoms with Crippen molar-refractivity contribution in [1.29, 1.82) is 10.5 Å². The number of phenolic OH excluding ortho intramolecular Hbond substituents is 1. The van der Waals surface area contributed by atoms with Crippen LogP contribution in [0.25, 0.3) is 6.08 Å². The van der Waals surface area contributed by atoms with Crippen molar-refractivity contribution in [2.45, 2.75) is 20.3 Å². The first-order valence-corrected chi connectivity index (χ1v) is 10.5. The highest BCUT2D eigenvalue weighted by molar-refractivity contribution is 14.1. The van der Waals surface area contributed by atoms with Gasteiger partial charge in [0.1, 0.15) is 17.0 Å². The van der Waals surface area contributed by atoms with Crippen molar-refractivity contribution in [3.63, 3.8) is 0 Å². The number of halogens is 1. The van der Waals surface area contributed by atoms with Crippen molar-refractivity contribution in [3.8, 4) is 17.9 Å². The predicted octanol–water partition coefficient (Wildman–Crippen LogP) is 4.04. The van der Waals surface area contributed by atoms with Gasteiger partial charge in [-0.05, 0) is 59.7 Å². The number of carbonyl (C=O) groups excluding carboxylic acids is 2. The third kappa shape index (κ3) is 5.25. The quantitative estimate of drug-likeness (QED) is 0.135. The number of Topliss-reactive ketones (excluding diaryl/α,β-unsaturated/α-hetero) is 1. The smallest absolute Gasteiger partial charge is 0.348 e. The Morgan fingerprint density at radius 3 is 2.61 bits per heavy atom. The van der Waals surface area contributed by atoms with Crippen LogP contribution in [-0.2, 0) is 16.0 Å². The van der Waals surface area contributed by atoms with E-state index in [2.05, 4.69) is 0 Å². The van der Waals surface area contributed by atoms with Crippen molar-refractivity contribution >= 4 is 57.4 Å². The second kappa shape index (κ2) is 10.1. The number of phenols is 1. The lowest BCUT2D eigenvalue weighted by Gasteiger charge is -2.03. The summed E-state index contributed by atoms with van der Waals surface area (Å²) in [5.74, 6) is -1.73. The highest BCUT2D eigenvalue weighted by atomic mass is 127. The summed E-state index contributed by atoms with van der Waals surface area (Å²) < 4.78 is 5.15. The van der Waals surface area contributed by atoms with E-state index in [9.17, 15) is 35.3 Å². The van der Waals surface area contributed by atoms with Gasteiger partial charge in [-0.25, -0.2) is 4.79 Å². The number of ether oxygens (including phenoxy) is 1. The molecule has 1 aromatic carbocycles. The van der Waals surface area contributed by atoms with Gasteiger partial charge in [0.25, 0.3) is 0 Å². The molecule has 1 N–H and O–H groups in total. The van der Waals surface area contributed by atoms with E-state index in [1.165, 1.54) is 12.1 Å². The van der Waals surface area contributed by atoms with Crippen LogP contribution < -0.4 is 0 Å². The molecule has 9 nitrogen and oxygen atoms in total. The van der Waals surface area contributed by atoms with Gasteiger partial charge in [-0.3, -0.25) is 14.9 Å². The van der Waals surface area contributed by atoms with Gasteiger partial charge in [-0.1, -0.05) is 0 Å². The number of thiophene rings is 1. The first-order chi connectivity index (χ1) is 14.6. The number of hydrogen-bond acceptors (Lipinski definition) is 9. The monoisotopic (exact) mass is 551 g/mol. The highest BCUT2D eigenvalue weighted by Gasteiger charge is 2.24. The molecule has 31 heavy (non-hydrogen) atoms. The summed E-state index contributed by atoms with van der Waals surface area (Å²) in [6.07, 6.45) is 0.875. The summed E-state index contributed by atoms with van der Waals surface area (Å²) in [7, 11) is 0. The van der Waals surface area contributed by atoms with Gasteiger partial charge in [0.05, 0.1) is 26.2 Å². The standard InChI is InChI=1S/C20H14IN3O6S/c1-3-30-20(27)19-10(2)13(9-23)17(31-19)7-16(25)12(8-22)4-11-5-14(21)18(26)15(6-11)24(28)29/h4-6,26H,3,7H2,1-2H3/b12-4+. The number of nitriles is 2. The number of aromatic hydroxyl groups is 1. The summed E-state index contributed by atoms with van der Waals surface area (Å²) in [6.45, 7) is 3.38. The number of carbonyl (C=O) groups is 2.